The van der Waals surface area contributed by atoms with E-state index >= 15 is 0 Å². The maximum atomic E-state index is 10.2. The average Bonchev–Trinajstić information content (AvgIpc) is 2.29. The molecule has 0 spiro atoms. The number of nitrogens with zero attached hydrogens (tertiary/aromatic N) is 2. The number of amides is 1. The Hall–Kier alpha value is -1.97. The molecule has 1 amide bonds. The van der Waals surface area contributed by atoms with Crippen LogP contribution in [0.1, 0.15) is 12.6 Å². The lowest BCUT2D eigenvalue weighted by Crippen LogP contribution is -1.96. The highest BCUT2D eigenvalue weighted by Gasteiger charge is 1.99. The van der Waals surface area contributed by atoms with Crippen molar-refractivity contribution >= 4 is 23.0 Å². The highest BCUT2D eigenvalue weighted by Crippen LogP contribution is 2.16. The first-order valence-corrected chi connectivity index (χ1v) is 4.78. The number of rotatable bonds is 3. The molecule has 0 fully saturated rings. The Labute approximate surface area is 87.4 Å². The van der Waals surface area contributed by atoms with Crippen LogP contribution in [0, 0.1) is 0 Å². The van der Waals surface area contributed by atoms with Crippen LogP contribution in [0.3, 0.4) is 0 Å². The first-order valence-electron chi connectivity index (χ1n) is 4.78. The summed E-state index contributed by atoms with van der Waals surface area (Å²) in [6.45, 7) is 2.06. The highest BCUT2D eigenvalue weighted by atomic mass is 16.1. The number of aromatic nitrogens is 2. The number of fused-ring (bicyclic) bond motifs is 1. The lowest BCUT2D eigenvalue weighted by molar-refractivity contribution is -0.105. The summed E-state index contributed by atoms with van der Waals surface area (Å²) in [4.78, 5) is 18.6. The fraction of sp³-hybridized carbons (Fsp3) is 0.182. The third kappa shape index (κ3) is 1.93. The highest BCUT2D eigenvalue weighted by molar-refractivity contribution is 5.85. The van der Waals surface area contributed by atoms with E-state index in [1.165, 1.54) is 0 Å². The number of carbonyl (C=O) groups is 1. The molecule has 76 valence electrons. The number of aryl methyl sites for hydroxylation is 1. The van der Waals surface area contributed by atoms with Crippen LogP contribution in [0.5, 0.6) is 0 Å². The summed E-state index contributed by atoms with van der Waals surface area (Å²) in [5.74, 6) is 0.545. The first kappa shape index (κ1) is 9.58. The fourth-order valence-corrected chi connectivity index (χ4v) is 1.42. The lowest BCUT2D eigenvalue weighted by atomic mass is 10.2. The van der Waals surface area contributed by atoms with E-state index in [1.54, 1.807) is 18.5 Å². The zero-order valence-corrected chi connectivity index (χ0v) is 8.40. The predicted octanol–water partition coefficient (Wildman–Crippen LogP) is 1.76. The van der Waals surface area contributed by atoms with Crippen molar-refractivity contribution in [3.8, 4) is 0 Å². The summed E-state index contributed by atoms with van der Waals surface area (Å²) >= 11 is 0. The van der Waals surface area contributed by atoms with Crippen LogP contribution >= 0.6 is 0 Å². The van der Waals surface area contributed by atoms with Crippen molar-refractivity contribution in [1.82, 2.24) is 9.97 Å². The molecule has 0 aliphatic heterocycles. The Balaban J connectivity index is 2.49. The van der Waals surface area contributed by atoms with Crippen molar-refractivity contribution in [1.29, 1.82) is 0 Å². The number of pyridine rings is 2. The topological polar surface area (TPSA) is 54.9 Å². The lowest BCUT2D eigenvalue weighted by Gasteiger charge is -2.02. The van der Waals surface area contributed by atoms with Gasteiger partial charge in [-0.15, -0.1) is 0 Å². The Morgan fingerprint density at radius 1 is 1.27 bits per heavy atom. The van der Waals surface area contributed by atoms with Crippen molar-refractivity contribution < 1.29 is 4.79 Å². The molecule has 0 saturated heterocycles. The molecule has 2 aromatic rings. The molecular weight excluding hydrogens is 190 g/mol. The summed E-state index contributed by atoms with van der Waals surface area (Å²) in [5.41, 5.74) is 1.04. The predicted molar refractivity (Wildman–Crippen MR) is 58.6 cm³/mol. The number of hydrogen-bond acceptors (Lipinski definition) is 3. The van der Waals surface area contributed by atoms with Crippen LogP contribution in [-0.2, 0) is 11.2 Å². The molecule has 0 aliphatic rings. The Kier molecular flexibility index (Phi) is 2.58. The average molecular weight is 201 g/mol. The maximum absolute atomic E-state index is 10.2. The van der Waals surface area contributed by atoms with Crippen LogP contribution in [0.25, 0.3) is 10.8 Å². The molecule has 2 aromatic heterocycles. The molecule has 0 unspecified atom stereocenters. The van der Waals surface area contributed by atoms with E-state index in [0.717, 1.165) is 22.9 Å². The third-order valence-corrected chi connectivity index (χ3v) is 2.23. The van der Waals surface area contributed by atoms with Crippen molar-refractivity contribution in [3.63, 3.8) is 0 Å². The van der Waals surface area contributed by atoms with Gasteiger partial charge in [0, 0.05) is 28.9 Å². The van der Waals surface area contributed by atoms with Gasteiger partial charge in [0.15, 0.2) is 0 Å². The Morgan fingerprint density at radius 2 is 2.00 bits per heavy atom. The minimum Gasteiger partial charge on any atom is -0.313 e. The maximum Gasteiger partial charge on any atom is 0.212 e. The molecule has 0 bridgehead atoms. The molecule has 2 heterocycles. The van der Waals surface area contributed by atoms with Crippen LogP contribution < -0.4 is 5.32 Å². The second-order valence-corrected chi connectivity index (χ2v) is 3.21. The fourth-order valence-electron chi connectivity index (χ4n) is 1.42. The second kappa shape index (κ2) is 4.04. The summed E-state index contributed by atoms with van der Waals surface area (Å²) < 4.78 is 0. The zero-order chi connectivity index (χ0) is 10.7. The number of hydrogen-bond donors (Lipinski definition) is 1. The molecule has 0 aliphatic carbocycles. The van der Waals surface area contributed by atoms with Crippen LogP contribution in [0.2, 0.25) is 0 Å². The van der Waals surface area contributed by atoms with Crippen molar-refractivity contribution in [2.45, 2.75) is 13.3 Å². The van der Waals surface area contributed by atoms with Crippen LogP contribution in [0.4, 0.5) is 5.82 Å². The van der Waals surface area contributed by atoms with Crippen molar-refractivity contribution in [2.75, 3.05) is 5.32 Å². The summed E-state index contributed by atoms with van der Waals surface area (Å²) in [7, 11) is 0. The van der Waals surface area contributed by atoms with E-state index in [2.05, 4.69) is 22.2 Å². The summed E-state index contributed by atoms with van der Waals surface area (Å²) in [6, 6.07) is 3.81. The number of anilines is 1. The van der Waals surface area contributed by atoms with Gasteiger partial charge in [-0.05, 0) is 18.6 Å². The molecule has 4 heteroatoms. The first-order chi connectivity index (χ1) is 7.33. The van der Waals surface area contributed by atoms with Crippen LogP contribution in [-0.4, -0.2) is 16.4 Å². The zero-order valence-electron chi connectivity index (χ0n) is 8.40. The quantitative estimate of drug-likeness (QED) is 0.770. The smallest absolute Gasteiger partial charge is 0.212 e. The van der Waals surface area contributed by atoms with Gasteiger partial charge in [0.05, 0.1) is 0 Å². The van der Waals surface area contributed by atoms with E-state index in [1.807, 2.05) is 6.07 Å². The molecule has 15 heavy (non-hydrogen) atoms. The molecule has 0 saturated carbocycles. The van der Waals surface area contributed by atoms with Gasteiger partial charge in [0.2, 0.25) is 6.41 Å². The van der Waals surface area contributed by atoms with Gasteiger partial charge < -0.3 is 5.32 Å². The van der Waals surface area contributed by atoms with Gasteiger partial charge >= 0.3 is 0 Å². The number of nitrogens with one attached hydrogen (secondary N) is 1. The van der Waals surface area contributed by atoms with Gasteiger partial charge in [-0.1, -0.05) is 6.92 Å². The van der Waals surface area contributed by atoms with Gasteiger partial charge in [-0.25, -0.2) is 4.98 Å². The van der Waals surface area contributed by atoms with Crippen molar-refractivity contribution in [3.05, 3.63) is 30.2 Å². The molecule has 0 aromatic carbocycles. The van der Waals surface area contributed by atoms with Gasteiger partial charge in [-0.3, -0.25) is 9.78 Å². The molecule has 2 rings (SSSR count). The largest absolute Gasteiger partial charge is 0.313 e. The minimum atomic E-state index is 0.545. The molecule has 4 nitrogen and oxygen atoms in total. The normalized spacial score (nSPS) is 10.2. The summed E-state index contributed by atoms with van der Waals surface area (Å²) in [5, 5.41) is 4.53. The van der Waals surface area contributed by atoms with Crippen molar-refractivity contribution in [2.24, 2.45) is 0 Å². The van der Waals surface area contributed by atoms with E-state index in [-0.39, 0.29) is 0 Å². The molecule has 0 radical (unpaired) electrons. The van der Waals surface area contributed by atoms with E-state index in [0.29, 0.717) is 12.2 Å². The molecule has 0 atom stereocenters. The second-order valence-electron chi connectivity index (χ2n) is 3.21. The Bertz CT molecular complexity index is 496. The molecular formula is C11H11N3O. The molecule has 1 N–H and O–H groups in total. The van der Waals surface area contributed by atoms with Gasteiger partial charge in [0.1, 0.15) is 5.82 Å². The van der Waals surface area contributed by atoms with Gasteiger partial charge in [-0.2, -0.15) is 0 Å². The third-order valence-electron chi connectivity index (χ3n) is 2.23. The minimum absolute atomic E-state index is 0.545. The van der Waals surface area contributed by atoms with Crippen LogP contribution in [0.15, 0.2) is 24.5 Å². The van der Waals surface area contributed by atoms with Gasteiger partial charge in [0.25, 0.3) is 0 Å². The summed E-state index contributed by atoms with van der Waals surface area (Å²) in [6.07, 6.45) is 5.06. The Morgan fingerprint density at radius 3 is 2.73 bits per heavy atom. The van der Waals surface area contributed by atoms with E-state index in [9.17, 15) is 4.79 Å². The number of carbonyl (C=O) groups excluding carboxylic acids is 1. The van der Waals surface area contributed by atoms with E-state index < -0.39 is 0 Å². The SMILES string of the molecule is CCc1cc2cnc(NC=O)cc2cn1. The monoisotopic (exact) mass is 201 g/mol. The van der Waals surface area contributed by atoms with E-state index in [4.69, 9.17) is 0 Å². The standard InChI is InChI=1S/C11H11N3O/c1-2-10-3-8-6-13-11(14-7-15)4-9(8)5-12-10/h3-7H,2H2,1H3,(H,13,14,15).